The predicted octanol–water partition coefficient (Wildman–Crippen LogP) is 10.4. The molecule has 0 radical (unpaired) electrons. The lowest BCUT2D eigenvalue weighted by atomic mass is 9.88. The summed E-state index contributed by atoms with van der Waals surface area (Å²) in [4.78, 5) is 4.84. The van der Waals surface area contributed by atoms with Gasteiger partial charge in [0.2, 0.25) is 0 Å². The Morgan fingerprint density at radius 2 is 1.47 bits per heavy atom. The maximum Gasteiger partial charge on any atom is 0.137 e. The Labute approximate surface area is 264 Å². The van der Waals surface area contributed by atoms with E-state index in [-0.39, 0.29) is 5.41 Å². The van der Waals surface area contributed by atoms with E-state index in [2.05, 4.69) is 144 Å². The normalized spacial score (nSPS) is 11.9. The van der Waals surface area contributed by atoms with Crippen molar-refractivity contribution in [2.24, 2.45) is 0 Å². The van der Waals surface area contributed by atoms with Gasteiger partial charge in [0.05, 0.1) is 22.4 Å². The number of hydrogen-bond donors (Lipinski definition) is 0. The second-order valence-corrected chi connectivity index (χ2v) is 13.1. The molecule has 0 amide bonds. The molecule has 224 valence electrons. The Morgan fingerprint density at radius 3 is 2.24 bits per heavy atom. The van der Waals surface area contributed by atoms with Crippen LogP contribution in [0.3, 0.4) is 0 Å². The number of benzene rings is 4. The van der Waals surface area contributed by atoms with Crippen LogP contribution in [0.25, 0.3) is 44.4 Å². The van der Waals surface area contributed by atoms with Crippen LogP contribution in [0.15, 0.2) is 103 Å². The number of rotatable bonds is 5. The van der Waals surface area contributed by atoms with E-state index in [9.17, 15) is 0 Å². The van der Waals surface area contributed by atoms with Gasteiger partial charge in [-0.25, -0.2) is 9.67 Å². The molecule has 5 heteroatoms. The number of aromatic nitrogens is 4. The molecule has 0 spiro atoms. The molecule has 0 aliphatic heterocycles. The monoisotopic (exact) mass is 590 g/mol. The zero-order valence-electron chi connectivity index (χ0n) is 27.0. The second-order valence-electron chi connectivity index (χ2n) is 13.1. The van der Waals surface area contributed by atoms with Crippen LogP contribution in [-0.2, 0) is 5.41 Å². The quantitative estimate of drug-likeness (QED) is 0.200. The van der Waals surface area contributed by atoms with Gasteiger partial charge in [0.25, 0.3) is 0 Å². The number of fused-ring (bicyclic) bond motifs is 3. The predicted molar refractivity (Wildman–Crippen MR) is 185 cm³/mol. The van der Waals surface area contributed by atoms with Crippen LogP contribution in [0.2, 0.25) is 0 Å². The second kappa shape index (κ2) is 10.8. The molecule has 0 saturated heterocycles. The van der Waals surface area contributed by atoms with Gasteiger partial charge in [-0.1, -0.05) is 62.7 Å². The highest BCUT2D eigenvalue weighted by atomic mass is 16.5. The van der Waals surface area contributed by atoms with Crippen molar-refractivity contribution >= 4 is 21.8 Å². The molecule has 5 nitrogen and oxygen atoms in total. The van der Waals surface area contributed by atoms with Crippen molar-refractivity contribution in [3.63, 3.8) is 0 Å². The van der Waals surface area contributed by atoms with Crippen LogP contribution < -0.4 is 4.74 Å². The molecule has 0 atom stereocenters. The van der Waals surface area contributed by atoms with Crippen molar-refractivity contribution in [1.29, 1.82) is 0 Å². The van der Waals surface area contributed by atoms with Gasteiger partial charge in [0, 0.05) is 40.4 Å². The number of hydrogen-bond acceptors (Lipinski definition) is 3. The van der Waals surface area contributed by atoms with Gasteiger partial charge in [-0.15, -0.1) is 0 Å². The summed E-state index contributed by atoms with van der Waals surface area (Å²) in [5, 5.41) is 7.31. The summed E-state index contributed by atoms with van der Waals surface area (Å²) in [6.07, 6.45) is 1.92. The highest BCUT2D eigenvalue weighted by Gasteiger charge is 2.19. The number of aryl methyl sites for hydroxylation is 3. The zero-order valence-corrected chi connectivity index (χ0v) is 27.0. The Bertz CT molecular complexity index is 2210. The largest absolute Gasteiger partial charge is 0.457 e. The van der Waals surface area contributed by atoms with Crippen molar-refractivity contribution in [2.75, 3.05) is 0 Å². The van der Waals surface area contributed by atoms with Crippen LogP contribution in [-0.4, -0.2) is 19.3 Å². The Kier molecular flexibility index (Phi) is 6.85. The highest BCUT2D eigenvalue weighted by Crippen LogP contribution is 2.37. The lowest BCUT2D eigenvalue weighted by Gasteiger charge is -2.20. The topological polar surface area (TPSA) is 44.9 Å². The summed E-state index contributed by atoms with van der Waals surface area (Å²) >= 11 is 0. The molecule has 0 aliphatic carbocycles. The van der Waals surface area contributed by atoms with E-state index in [1.54, 1.807) is 0 Å². The Hall–Kier alpha value is -5.16. The molecule has 3 aromatic heterocycles. The van der Waals surface area contributed by atoms with Crippen molar-refractivity contribution in [1.82, 2.24) is 19.3 Å². The van der Waals surface area contributed by atoms with E-state index in [1.165, 1.54) is 27.5 Å². The molecule has 0 bridgehead atoms. The fraction of sp³-hybridized carbons (Fsp3) is 0.200. The van der Waals surface area contributed by atoms with Crippen molar-refractivity contribution in [3.05, 3.63) is 131 Å². The SMILES string of the molecule is Cc1cc(Oc2ccc3c4cc(C)ccc4n(-c4cc(C(C)(C)C)ccn4)c3c2)cc(-n2nc(C)c(-c3ccccc3)c2C)c1. The van der Waals surface area contributed by atoms with E-state index < -0.39 is 0 Å². The summed E-state index contributed by atoms with van der Waals surface area (Å²) in [6.45, 7) is 15.1. The van der Waals surface area contributed by atoms with Gasteiger partial charge >= 0.3 is 0 Å². The fourth-order valence-electron chi connectivity index (χ4n) is 6.39. The smallest absolute Gasteiger partial charge is 0.137 e. The maximum absolute atomic E-state index is 6.60. The first-order valence-electron chi connectivity index (χ1n) is 15.5. The first-order chi connectivity index (χ1) is 21.6. The summed E-state index contributed by atoms with van der Waals surface area (Å²) in [6, 6.07) is 34.0. The molecular formula is C40H38N4O. The van der Waals surface area contributed by atoms with Crippen LogP contribution in [0.5, 0.6) is 11.5 Å². The molecule has 0 aliphatic rings. The van der Waals surface area contributed by atoms with Gasteiger partial charge < -0.3 is 4.74 Å². The third kappa shape index (κ3) is 5.18. The van der Waals surface area contributed by atoms with E-state index in [0.717, 1.165) is 56.6 Å². The minimum Gasteiger partial charge on any atom is -0.457 e. The average molecular weight is 591 g/mol. The minimum absolute atomic E-state index is 0.0114. The lowest BCUT2D eigenvalue weighted by molar-refractivity contribution is 0.482. The van der Waals surface area contributed by atoms with E-state index in [1.807, 2.05) is 16.9 Å². The third-order valence-corrected chi connectivity index (χ3v) is 8.60. The van der Waals surface area contributed by atoms with Crippen molar-refractivity contribution < 1.29 is 4.74 Å². The van der Waals surface area contributed by atoms with Gasteiger partial charge in [0.1, 0.15) is 17.3 Å². The summed E-state index contributed by atoms with van der Waals surface area (Å²) in [5.41, 5.74) is 11.2. The molecule has 0 fully saturated rings. The summed E-state index contributed by atoms with van der Waals surface area (Å²) in [5.74, 6) is 2.44. The lowest BCUT2D eigenvalue weighted by Crippen LogP contribution is -2.12. The number of pyridine rings is 1. The van der Waals surface area contributed by atoms with E-state index >= 15 is 0 Å². The Balaban J connectivity index is 1.32. The van der Waals surface area contributed by atoms with Gasteiger partial charge in [-0.3, -0.25) is 4.57 Å². The minimum atomic E-state index is 0.0114. The Morgan fingerprint density at radius 1 is 0.667 bits per heavy atom. The molecule has 4 aromatic carbocycles. The zero-order chi connectivity index (χ0) is 31.5. The van der Waals surface area contributed by atoms with Crippen LogP contribution in [0.1, 0.15) is 48.8 Å². The highest BCUT2D eigenvalue weighted by molar-refractivity contribution is 6.09. The molecule has 7 aromatic rings. The van der Waals surface area contributed by atoms with Crippen molar-refractivity contribution in [3.8, 4) is 34.1 Å². The van der Waals surface area contributed by atoms with Crippen LogP contribution in [0, 0.1) is 27.7 Å². The summed E-state index contributed by atoms with van der Waals surface area (Å²) in [7, 11) is 0. The molecule has 0 unspecified atom stereocenters. The fourth-order valence-corrected chi connectivity index (χ4v) is 6.39. The summed E-state index contributed by atoms with van der Waals surface area (Å²) < 4.78 is 10.9. The van der Waals surface area contributed by atoms with Gasteiger partial charge in [-0.05, 0) is 98.3 Å². The number of nitrogens with zero attached hydrogens (tertiary/aromatic N) is 4. The standard InChI is InChI=1S/C40H38N4O/c1-25-13-16-36-35(21-25)34-15-14-32(24-37(34)43(36)38-22-30(17-18-41-38)40(5,6)7)45-33-20-26(2)19-31(23-33)44-28(4)39(27(3)42-44)29-11-9-8-10-12-29/h8-24H,1-7H3. The van der Waals surface area contributed by atoms with Gasteiger partial charge in [-0.2, -0.15) is 5.10 Å². The van der Waals surface area contributed by atoms with E-state index in [0.29, 0.717) is 0 Å². The number of ether oxygens (including phenoxy) is 1. The average Bonchev–Trinajstić information content (AvgIpc) is 3.49. The first-order valence-corrected chi connectivity index (χ1v) is 15.5. The third-order valence-electron chi connectivity index (χ3n) is 8.60. The molecule has 0 saturated carbocycles. The van der Waals surface area contributed by atoms with Crippen LogP contribution >= 0.6 is 0 Å². The molecule has 7 rings (SSSR count). The van der Waals surface area contributed by atoms with Gasteiger partial charge in [0.15, 0.2) is 0 Å². The molecule has 3 heterocycles. The molecule has 0 N–H and O–H groups in total. The molecular weight excluding hydrogens is 552 g/mol. The van der Waals surface area contributed by atoms with Crippen molar-refractivity contribution in [2.45, 2.75) is 53.9 Å². The molecule has 45 heavy (non-hydrogen) atoms. The maximum atomic E-state index is 6.60. The van der Waals surface area contributed by atoms with E-state index in [4.69, 9.17) is 14.8 Å². The first kappa shape index (κ1) is 28.6. The van der Waals surface area contributed by atoms with Crippen LogP contribution in [0.4, 0.5) is 0 Å².